The largest absolute Gasteiger partial charge is 0.316 e. The predicted octanol–water partition coefficient (Wildman–Crippen LogP) is 1.34. The van der Waals surface area contributed by atoms with Crippen molar-refractivity contribution in [3.63, 3.8) is 0 Å². The van der Waals surface area contributed by atoms with E-state index in [-0.39, 0.29) is 11.2 Å². The second-order valence-corrected chi connectivity index (χ2v) is 7.84. The Morgan fingerprint density at radius 2 is 2.12 bits per heavy atom. The average Bonchev–Trinajstić information content (AvgIpc) is 2.26. The number of rotatable bonds is 6. The first-order chi connectivity index (χ1) is 7.83. The van der Waals surface area contributed by atoms with Crippen LogP contribution in [0.5, 0.6) is 0 Å². The molecule has 1 aliphatic rings. The monoisotopic (exact) mass is 262 g/mol. The van der Waals surface area contributed by atoms with Gasteiger partial charge in [0.05, 0.1) is 5.75 Å². The molecule has 17 heavy (non-hydrogen) atoms. The summed E-state index contributed by atoms with van der Waals surface area (Å²) < 4.78 is 26.3. The van der Waals surface area contributed by atoms with Crippen molar-refractivity contribution in [3.8, 4) is 0 Å². The highest BCUT2D eigenvalue weighted by atomic mass is 32.2. The minimum atomic E-state index is -3.09. The van der Waals surface area contributed by atoms with E-state index in [1.807, 2.05) is 13.8 Å². The molecular formula is C12H26N2O2S. The van der Waals surface area contributed by atoms with Crippen LogP contribution in [0.2, 0.25) is 0 Å². The lowest BCUT2D eigenvalue weighted by Crippen LogP contribution is -2.46. The molecule has 0 aliphatic carbocycles. The van der Waals surface area contributed by atoms with Crippen molar-refractivity contribution in [1.82, 2.24) is 10.0 Å². The van der Waals surface area contributed by atoms with Gasteiger partial charge in [0.2, 0.25) is 10.0 Å². The molecule has 0 aromatic carbocycles. The van der Waals surface area contributed by atoms with Crippen LogP contribution in [0.4, 0.5) is 0 Å². The third-order valence-corrected chi connectivity index (χ3v) is 4.73. The van der Waals surface area contributed by atoms with E-state index >= 15 is 0 Å². The molecule has 1 aliphatic heterocycles. The maximum absolute atomic E-state index is 11.8. The predicted molar refractivity (Wildman–Crippen MR) is 71.5 cm³/mol. The van der Waals surface area contributed by atoms with E-state index < -0.39 is 10.0 Å². The first-order valence-electron chi connectivity index (χ1n) is 6.51. The number of sulfonamides is 1. The zero-order valence-electron chi connectivity index (χ0n) is 11.3. The van der Waals surface area contributed by atoms with Crippen LogP contribution in [-0.4, -0.2) is 33.8 Å². The summed E-state index contributed by atoms with van der Waals surface area (Å²) in [6.07, 6.45) is 2.95. The van der Waals surface area contributed by atoms with Crippen molar-refractivity contribution in [2.75, 3.05) is 25.4 Å². The van der Waals surface area contributed by atoms with Crippen molar-refractivity contribution >= 4 is 10.0 Å². The van der Waals surface area contributed by atoms with E-state index in [0.29, 0.717) is 12.5 Å². The second-order valence-electron chi connectivity index (χ2n) is 5.91. The van der Waals surface area contributed by atoms with E-state index in [1.54, 1.807) is 0 Å². The van der Waals surface area contributed by atoms with Crippen molar-refractivity contribution in [1.29, 1.82) is 0 Å². The molecular weight excluding hydrogens is 236 g/mol. The van der Waals surface area contributed by atoms with E-state index in [0.717, 1.165) is 32.4 Å². The molecule has 0 aromatic heterocycles. The highest BCUT2D eigenvalue weighted by Gasteiger charge is 2.28. The van der Waals surface area contributed by atoms with Crippen molar-refractivity contribution < 1.29 is 8.42 Å². The van der Waals surface area contributed by atoms with Crippen LogP contribution in [0.25, 0.3) is 0 Å². The van der Waals surface area contributed by atoms with Gasteiger partial charge in [-0.05, 0) is 37.1 Å². The molecule has 2 N–H and O–H groups in total. The maximum atomic E-state index is 11.8. The molecule has 1 atom stereocenters. The summed E-state index contributed by atoms with van der Waals surface area (Å²) in [5.41, 5.74) is 0.0726. The molecule has 1 saturated heterocycles. The van der Waals surface area contributed by atoms with Gasteiger partial charge < -0.3 is 5.32 Å². The van der Waals surface area contributed by atoms with Crippen LogP contribution in [0, 0.1) is 11.3 Å². The van der Waals surface area contributed by atoms with E-state index in [4.69, 9.17) is 0 Å². The summed E-state index contributed by atoms with van der Waals surface area (Å²) >= 11 is 0. The molecule has 4 nitrogen and oxygen atoms in total. The summed E-state index contributed by atoms with van der Waals surface area (Å²) in [4.78, 5) is 0. The quantitative estimate of drug-likeness (QED) is 0.759. The Bertz CT molecular complexity index is 319. The standard InChI is InChI=1S/C12H26N2O2S/c1-11(2)5-8-17(15,16)14-10-12(3)6-4-7-13-9-12/h11,13-14H,4-10H2,1-3H3. The molecule has 1 unspecified atom stereocenters. The lowest BCUT2D eigenvalue weighted by molar-refractivity contribution is 0.238. The minimum absolute atomic E-state index is 0.0726. The number of hydrogen-bond acceptors (Lipinski definition) is 3. The lowest BCUT2D eigenvalue weighted by atomic mass is 9.83. The van der Waals surface area contributed by atoms with Crippen molar-refractivity contribution in [3.05, 3.63) is 0 Å². The van der Waals surface area contributed by atoms with Gasteiger partial charge in [-0.2, -0.15) is 0 Å². The maximum Gasteiger partial charge on any atom is 0.211 e. The summed E-state index contributed by atoms with van der Waals surface area (Å²) in [5.74, 6) is 0.673. The van der Waals surface area contributed by atoms with Gasteiger partial charge >= 0.3 is 0 Å². The van der Waals surface area contributed by atoms with Crippen molar-refractivity contribution in [2.45, 2.75) is 40.0 Å². The molecule has 0 radical (unpaired) electrons. The van der Waals surface area contributed by atoms with Gasteiger partial charge in [-0.25, -0.2) is 13.1 Å². The minimum Gasteiger partial charge on any atom is -0.316 e. The highest BCUT2D eigenvalue weighted by Crippen LogP contribution is 2.24. The Morgan fingerprint density at radius 3 is 2.65 bits per heavy atom. The zero-order chi connectivity index (χ0) is 12.9. The Hall–Kier alpha value is -0.130. The van der Waals surface area contributed by atoms with Gasteiger partial charge in [-0.3, -0.25) is 0 Å². The Kier molecular flexibility index (Phi) is 5.41. The van der Waals surface area contributed by atoms with Gasteiger partial charge in [0.1, 0.15) is 0 Å². The molecule has 0 spiro atoms. The molecule has 1 heterocycles. The van der Waals surface area contributed by atoms with Crippen LogP contribution in [0.1, 0.15) is 40.0 Å². The van der Waals surface area contributed by atoms with Gasteiger partial charge in [-0.1, -0.05) is 20.8 Å². The normalized spacial score (nSPS) is 26.4. The van der Waals surface area contributed by atoms with E-state index in [2.05, 4.69) is 17.0 Å². The van der Waals surface area contributed by atoms with Crippen LogP contribution in [-0.2, 0) is 10.0 Å². The molecule has 1 fully saturated rings. The molecule has 5 heteroatoms. The molecule has 0 saturated carbocycles. The van der Waals surface area contributed by atoms with Gasteiger partial charge in [0.25, 0.3) is 0 Å². The number of hydrogen-bond donors (Lipinski definition) is 2. The molecule has 0 amide bonds. The zero-order valence-corrected chi connectivity index (χ0v) is 12.1. The first kappa shape index (κ1) is 14.9. The molecule has 0 aromatic rings. The molecule has 1 rings (SSSR count). The second kappa shape index (κ2) is 6.16. The van der Waals surface area contributed by atoms with Crippen LogP contribution < -0.4 is 10.0 Å². The summed E-state index contributed by atoms with van der Waals surface area (Å²) in [6, 6.07) is 0. The Morgan fingerprint density at radius 1 is 1.41 bits per heavy atom. The molecule has 102 valence electrons. The van der Waals surface area contributed by atoms with Crippen LogP contribution >= 0.6 is 0 Å². The topological polar surface area (TPSA) is 58.2 Å². The van der Waals surface area contributed by atoms with Gasteiger partial charge in [0.15, 0.2) is 0 Å². The average molecular weight is 262 g/mol. The summed E-state index contributed by atoms with van der Waals surface area (Å²) in [6.45, 7) is 8.74. The Labute approximate surface area is 106 Å². The molecule has 0 bridgehead atoms. The fourth-order valence-corrected chi connectivity index (χ4v) is 3.51. The third kappa shape index (κ3) is 5.84. The fraction of sp³-hybridized carbons (Fsp3) is 1.00. The first-order valence-corrected chi connectivity index (χ1v) is 8.16. The fourth-order valence-electron chi connectivity index (χ4n) is 2.02. The third-order valence-electron chi connectivity index (χ3n) is 3.37. The lowest BCUT2D eigenvalue weighted by Gasteiger charge is -2.34. The summed E-state index contributed by atoms with van der Waals surface area (Å²) in [5, 5.41) is 3.33. The summed E-state index contributed by atoms with van der Waals surface area (Å²) in [7, 11) is -3.09. The van der Waals surface area contributed by atoms with Crippen LogP contribution in [0.15, 0.2) is 0 Å². The Balaban J connectivity index is 2.37. The SMILES string of the molecule is CC(C)CCS(=O)(=O)NCC1(C)CCCNC1. The van der Waals surface area contributed by atoms with Gasteiger partial charge in [0, 0.05) is 13.1 Å². The van der Waals surface area contributed by atoms with Crippen molar-refractivity contribution in [2.24, 2.45) is 11.3 Å². The highest BCUT2D eigenvalue weighted by molar-refractivity contribution is 7.89. The number of piperidine rings is 1. The van der Waals surface area contributed by atoms with Crippen LogP contribution in [0.3, 0.4) is 0 Å². The van der Waals surface area contributed by atoms with E-state index in [1.165, 1.54) is 0 Å². The van der Waals surface area contributed by atoms with Gasteiger partial charge in [-0.15, -0.1) is 0 Å². The van der Waals surface area contributed by atoms with E-state index in [9.17, 15) is 8.42 Å². The smallest absolute Gasteiger partial charge is 0.211 e. The number of nitrogens with one attached hydrogen (secondary N) is 2.